The van der Waals surface area contributed by atoms with Crippen LogP contribution >= 0.6 is 15.9 Å². The highest BCUT2D eigenvalue weighted by Gasteiger charge is 2.32. The number of nitrogens with zero attached hydrogens (tertiary/aromatic N) is 4. The topological polar surface area (TPSA) is 89.4 Å². The molecule has 1 N–H and O–H groups in total. The summed E-state index contributed by atoms with van der Waals surface area (Å²) in [5, 5.41) is 6.83. The molecule has 154 valence electrons. The minimum absolute atomic E-state index is 0.203. The van der Waals surface area contributed by atoms with Crippen molar-refractivity contribution in [3.63, 3.8) is 0 Å². The number of cyclic esters (lactones) is 1. The average molecular weight is 474 g/mol. The molecular formula is C20H17BrFN5O3. The van der Waals surface area contributed by atoms with Crippen molar-refractivity contribution >= 4 is 33.6 Å². The zero-order chi connectivity index (χ0) is 21.3. The van der Waals surface area contributed by atoms with Crippen LogP contribution in [0, 0.1) is 5.82 Å². The Balaban J connectivity index is 1.58. The van der Waals surface area contributed by atoms with Crippen LogP contribution in [0.5, 0.6) is 0 Å². The third-order valence-corrected chi connectivity index (χ3v) is 5.03. The molecule has 8 nitrogen and oxygen atoms in total. The maximum Gasteiger partial charge on any atom is 0.414 e. The van der Waals surface area contributed by atoms with Crippen molar-refractivity contribution in [2.75, 3.05) is 18.0 Å². The molecule has 0 spiro atoms. The van der Waals surface area contributed by atoms with Crippen LogP contribution in [0.2, 0.25) is 0 Å². The van der Waals surface area contributed by atoms with Crippen LogP contribution in [0.15, 0.2) is 53.3 Å². The molecule has 0 radical (unpaired) electrons. The van der Waals surface area contributed by atoms with Crippen molar-refractivity contribution in [1.82, 2.24) is 20.1 Å². The fourth-order valence-electron chi connectivity index (χ4n) is 3.15. The normalized spacial score (nSPS) is 15.9. The summed E-state index contributed by atoms with van der Waals surface area (Å²) in [6.07, 6.45) is 2.14. The lowest BCUT2D eigenvalue weighted by Crippen LogP contribution is -2.33. The molecule has 4 rings (SSSR count). The smallest absolute Gasteiger partial charge is 0.414 e. The number of halogens is 2. The van der Waals surface area contributed by atoms with Gasteiger partial charge in [0.1, 0.15) is 11.8 Å². The van der Waals surface area contributed by atoms with Crippen molar-refractivity contribution in [1.29, 1.82) is 0 Å². The van der Waals surface area contributed by atoms with Crippen LogP contribution in [-0.4, -0.2) is 46.0 Å². The quantitative estimate of drug-likeness (QED) is 0.613. The van der Waals surface area contributed by atoms with E-state index in [4.69, 9.17) is 4.74 Å². The van der Waals surface area contributed by atoms with Gasteiger partial charge in [-0.1, -0.05) is 0 Å². The zero-order valence-electron chi connectivity index (χ0n) is 15.9. The number of carbonyl (C=O) groups excluding carboxylic acids is 2. The molecule has 3 aromatic rings. The number of pyridine rings is 1. The van der Waals surface area contributed by atoms with Crippen LogP contribution in [0.25, 0.3) is 17.1 Å². The maximum absolute atomic E-state index is 15.0. The molecule has 0 aliphatic carbocycles. The number of amides is 2. The Hall–Kier alpha value is -3.27. The van der Waals surface area contributed by atoms with E-state index in [0.29, 0.717) is 17.1 Å². The minimum Gasteiger partial charge on any atom is -0.442 e. The fraction of sp³-hybridized carbons (Fsp3) is 0.200. The summed E-state index contributed by atoms with van der Waals surface area (Å²) in [6, 6.07) is 9.83. The zero-order valence-corrected chi connectivity index (χ0v) is 17.5. The lowest BCUT2D eigenvalue weighted by molar-refractivity contribution is -0.119. The Labute approximate surface area is 179 Å². The lowest BCUT2D eigenvalue weighted by Gasteiger charge is -2.15. The number of benzene rings is 1. The molecule has 1 aromatic carbocycles. The van der Waals surface area contributed by atoms with Gasteiger partial charge in [-0.2, -0.15) is 5.10 Å². The molecular weight excluding hydrogens is 457 g/mol. The highest BCUT2D eigenvalue weighted by Crippen LogP contribution is 2.28. The highest BCUT2D eigenvalue weighted by molar-refractivity contribution is 9.10. The second-order valence-corrected chi connectivity index (χ2v) is 7.59. The summed E-state index contributed by atoms with van der Waals surface area (Å²) in [5.74, 6) is -0.761. The van der Waals surface area contributed by atoms with Gasteiger partial charge >= 0.3 is 6.09 Å². The monoisotopic (exact) mass is 473 g/mol. The van der Waals surface area contributed by atoms with E-state index >= 15 is 0 Å². The van der Waals surface area contributed by atoms with Crippen LogP contribution in [0.3, 0.4) is 0 Å². The van der Waals surface area contributed by atoms with Gasteiger partial charge in [0.15, 0.2) is 5.82 Å². The Morgan fingerprint density at radius 2 is 2.17 bits per heavy atom. The highest BCUT2D eigenvalue weighted by atomic mass is 79.9. The summed E-state index contributed by atoms with van der Waals surface area (Å²) < 4.78 is 22.5. The number of hydrogen-bond donors (Lipinski definition) is 1. The van der Waals surface area contributed by atoms with E-state index in [0.717, 1.165) is 4.47 Å². The Morgan fingerprint density at radius 3 is 2.87 bits per heavy atom. The van der Waals surface area contributed by atoms with E-state index < -0.39 is 18.0 Å². The van der Waals surface area contributed by atoms with E-state index in [1.54, 1.807) is 36.7 Å². The molecule has 10 heteroatoms. The predicted octanol–water partition coefficient (Wildman–Crippen LogP) is 3.30. The molecule has 1 unspecified atom stereocenters. The molecule has 1 aliphatic rings. The third kappa shape index (κ3) is 4.04. The number of rotatable bonds is 5. The number of hydrogen-bond acceptors (Lipinski definition) is 5. The van der Waals surface area contributed by atoms with E-state index in [2.05, 4.69) is 31.3 Å². The molecule has 3 heterocycles. The van der Waals surface area contributed by atoms with Gasteiger partial charge in [-0.15, -0.1) is 0 Å². The second kappa shape index (κ2) is 8.23. The van der Waals surface area contributed by atoms with Gasteiger partial charge in [0.05, 0.1) is 36.4 Å². The third-order valence-electron chi connectivity index (χ3n) is 4.56. The Morgan fingerprint density at radius 1 is 1.33 bits per heavy atom. The largest absolute Gasteiger partial charge is 0.442 e. The van der Waals surface area contributed by atoms with Gasteiger partial charge in [-0.25, -0.2) is 13.9 Å². The molecule has 1 saturated heterocycles. The van der Waals surface area contributed by atoms with Crippen LogP contribution in [0.4, 0.5) is 14.9 Å². The van der Waals surface area contributed by atoms with Crippen molar-refractivity contribution in [3.8, 4) is 17.1 Å². The fourth-order valence-corrected chi connectivity index (χ4v) is 3.38. The van der Waals surface area contributed by atoms with Crippen LogP contribution in [-0.2, 0) is 9.53 Å². The summed E-state index contributed by atoms with van der Waals surface area (Å²) in [5.41, 5.74) is 1.86. The summed E-state index contributed by atoms with van der Waals surface area (Å²) >= 11 is 3.34. The average Bonchev–Trinajstić information content (AvgIpc) is 3.33. The first-order valence-corrected chi connectivity index (χ1v) is 9.90. The van der Waals surface area contributed by atoms with Crippen LogP contribution < -0.4 is 10.2 Å². The summed E-state index contributed by atoms with van der Waals surface area (Å²) in [7, 11) is 0. The number of aromatic nitrogens is 3. The standard InChI is InChI=1S/C20H17BrFN5O3/c1-12(28)23-10-15-11-26(20(29)30-15)14-3-5-18(16(22)8-14)27-19(6-7-25-27)17-4-2-13(21)9-24-17/h2-9,15H,10-11H2,1H3,(H,23,28). The number of nitrogens with one attached hydrogen (secondary N) is 1. The number of anilines is 1. The van der Waals surface area contributed by atoms with Crippen molar-refractivity contribution in [3.05, 3.63) is 59.1 Å². The minimum atomic E-state index is -0.587. The first kappa shape index (κ1) is 20.0. The predicted molar refractivity (Wildman–Crippen MR) is 111 cm³/mol. The molecule has 2 aromatic heterocycles. The number of carbonyl (C=O) groups is 2. The van der Waals surface area contributed by atoms with Gasteiger partial charge in [0, 0.05) is 17.6 Å². The first-order chi connectivity index (χ1) is 14.4. The number of ether oxygens (including phenoxy) is 1. The van der Waals surface area contributed by atoms with Gasteiger partial charge in [0.2, 0.25) is 5.91 Å². The Bertz CT molecular complexity index is 1100. The van der Waals surface area contributed by atoms with Gasteiger partial charge < -0.3 is 10.1 Å². The molecule has 1 fully saturated rings. The van der Waals surface area contributed by atoms with Crippen molar-refractivity contribution in [2.24, 2.45) is 0 Å². The van der Waals surface area contributed by atoms with Crippen LogP contribution in [0.1, 0.15) is 6.92 Å². The van der Waals surface area contributed by atoms with Gasteiger partial charge in [-0.05, 0) is 52.3 Å². The van der Waals surface area contributed by atoms with E-state index in [1.807, 2.05) is 6.07 Å². The molecule has 1 atom stereocenters. The van der Waals surface area contributed by atoms with E-state index in [-0.39, 0.29) is 24.7 Å². The lowest BCUT2D eigenvalue weighted by atomic mass is 10.2. The summed E-state index contributed by atoms with van der Waals surface area (Å²) in [4.78, 5) is 28.9. The molecule has 0 saturated carbocycles. The second-order valence-electron chi connectivity index (χ2n) is 6.68. The van der Waals surface area contributed by atoms with Crippen molar-refractivity contribution in [2.45, 2.75) is 13.0 Å². The first-order valence-electron chi connectivity index (χ1n) is 9.11. The Kier molecular flexibility index (Phi) is 5.49. The van der Waals surface area contributed by atoms with E-state index in [9.17, 15) is 14.0 Å². The molecule has 30 heavy (non-hydrogen) atoms. The SMILES string of the molecule is CC(=O)NCC1CN(c2ccc(-n3nccc3-c3ccc(Br)cn3)c(F)c2)C(=O)O1. The van der Waals surface area contributed by atoms with Crippen molar-refractivity contribution < 1.29 is 18.7 Å². The maximum atomic E-state index is 15.0. The molecule has 0 bridgehead atoms. The molecule has 2 amide bonds. The molecule has 1 aliphatic heterocycles. The van der Waals surface area contributed by atoms with E-state index in [1.165, 1.54) is 22.6 Å². The summed E-state index contributed by atoms with van der Waals surface area (Å²) in [6.45, 7) is 1.80. The van der Waals surface area contributed by atoms with Gasteiger partial charge in [-0.3, -0.25) is 14.7 Å². The van der Waals surface area contributed by atoms with Gasteiger partial charge in [0.25, 0.3) is 0 Å².